The summed E-state index contributed by atoms with van der Waals surface area (Å²) in [7, 11) is 0. The molecule has 1 atom stereocenters. The van der Waals surface area contributed by atoms with Crippen LogP contribution >= 0.6 is 0 Å². The minimum atomic E-state index is -0.0815. The first-order valence-corrected chi connectivity index (χ1v) is 6.89. The van der Waals surface area contributed by atoms with Gasteiger partial charge in [-0.3, -0.25) is 4.57 Å². The summed E-state index contributed by atoms with van der Waals surface area (Å²) < 4.78 is 14.2. The van der Waals surface area contributed by atoms with Gasteiger partial charge in [-0.25, -0.2) is 9.48 Å². The monoisotopic (exact) mass is 269 g/mol. The largest absolute Gasteiger partial charge is 0.376 e. The molecule has 6 heteroatoms. The summed E-state index contributed by atoms with van der Waals surface area (Å²) >= 11 is 0. The van der Waals surface area contributed by atoms with E-state index < -0.39 is 0 Å². The second-order valence-electron chi connectivity index (χ2n) is 5.51. The lowest BCUT2D eigenvalue weighted by Crippen LogP contribution is -2.36. The van der Waals surface area contributed by atoms with Crippen LogP contribution in [-0.2, 0) is 16.0 Å². The average molecular weight is 269 g/mol. The van der Waals surface area contributed by atoms with E-state index in [0.29, 0.717) is 26.4 Å². The molecule has 1 aliphatic heterocycles. The van der Waals surface area contributed by atoms with E-state index in [2.05, 4.69) is 5.10 Å². The highest BCUT2D eigenvalue weighted by atomic mass is 16.6. The van der Waals surface area contributed by atoms with Crippen molar-refractivity contribution in [1.29, 1.82) is 0 Å². The molecule has 0 spiro atoms. The molecule has 0 bridgehead atoms. The fourth-order valence-electron chi connectivity index (χ4n) is 2.27. The van der Waals surface area contributed by atoms with Crippen LogP contribution in [0, 0.1) is 0 Å². The molecular formula is C13H23N3O3. The Morgan fingerprint density at radius 3 is 2.53 bits per heavy atom. The smallest absolute Gasteiger partial charge is 0.346 e. The maximum absolute atomic E-state index is 12.4. The zero-order valence-corrected chi connectivity index (χ0v) is 12.1. The molecule has 0 radical (unpaired) electrons. The Morgan fingerprint density at radius 1 is 1.32 bits per heavy atom. The second-order valence-corrected chi connectivity index (χ2v) is 5.51. The normalized spacial score (nSPS) is 20.4. The van der Waals surface area contributed by atoms with Gasteiger partial charge in [0.2, 0.25) is 0 Å². The number of nitrogens with zero attached hydrogens (tertiary/aromatic N) is 3. The summed E-state index contributed by atoms with van der Waals surface area (Å²) in [5, 5.41) is 4.46. The van der Waals surface area contributed by atoms with Crippen LogP contribution in [0.2, 0.25) is 0 Å². The lowest BCUT2D eigenvalue weighted by molar-refractivity contribution is -0.0950. The van der Waals surface area contributed by atoms with E-state index in [-0.39, 0.29) is 23.8 Å². The van der Waals surface area contributed by atoms with Gasteiger partial charge in [0.25, 0.3) is 0 Å². The van der Waals surface area contributed by atoms with Crippen LogP contribution in [-0.4, -0.2) is 40.3 Å². The summed E-state index contributed by atoms with van der Waals surface area (Å²) in [5.41, 5.74) is -0.0622. The van der Waals surface area contributed by atoms with Crippen molar-refractivity contribution >= 4 is 0 Å². The predicted octanol–water partition coefficient (Wildman–Crippen LogP) is 1.16. The van der Waals surface area contributed by atoms with Crippen molar-refractivity contribution in [3.63, 3.8) is 0 Å². The number of aromatic nitrogens is 3. The molecule has 1 saturated heterocycles. The summed E-state index contributed by atoms with van der Waals surface area (Å²) in [5.74, 6) is 1.05. The van der Waals surface area contributed by atoms with Crippen molar-refractivity contribution in [3.8, 4) is 0 Å². The zero-order chi connectivity index (χ0) is 14.0. The number of ether oxygens (including phenoxy) is 2. The molecular weight excluding hydrogens is 246 g/mol. The topological polar surface area (TPSA) is 58.3 Å². The third kappa shape index (κ3) is 3.06. The van der Waals surface area contributed by atoms with Crippen LogP contribution in [0.25, 0.3) is 0 Å². The maximum Gasteiger partial charge on any atom is 0.346 e. The fraction of sp³-hybridized carbons (Fsp3) is 0.846. The van der Waals surface area contributed by atoms with Gasteiger partial charge in [-0.15, -0.1) is 0 Å². The molecule has 1 aromatic rings. The molecule has 0 aliphatic carbocycles. The zero-order valence-electron chi connectivity index (χ0n) is 12.1. The molecule has 2 rings (SSSR count). The highest BCUT2D eigenvalue weighted by molar-refractivity contribution is 4.96. The van der Waals surface area contributed by atoms with Crippen LogP contribution < -0.4 is 5.69 Å². The Balaban J connectivity index is 2.25. The van der Waals surface area contributed by atoms with Gasteiger partial charge < -0.3 is 9.47 Å². The Hall–Kier alpha value is -1.14. The highest BCUT2D eigenvalue weighted by Crippen LogP contribution is 2.14. The molecule has 1 aromatic heterocycles. The van der Waals surface area contributed by atoms with Gasteiger partial charge in [0.1, 0.15) is 11.9 Å². The van der Waals surface area contributed by atoms with Crippen LogP contribution in [0.4, 0.5) is 0 Å². The van der Waals surface area contributed by atoms with Gasteiger partial charge in [-0.1, -0.05) is 13.8 Å². The molecule has 1 aliphatic rings. The van der Waals surface area contributed by atoms with E-state index in [4.69, 9.17) is 9.47 Å². The average Bonchev–Trinajstić information content (AvgIpc) is 2.68. The molecule has 1 fully saturated rings. The van der Waals surface area contributed by atoms with E-state index in [0.717, 1.165) is 5.82 Å². The quantitative estimate of drug-likeness (QED) is 0.823. The van der Waals surface area contributed by atoms with E-state index in [1.165, 1.54) is 4.68 Å². The molecule has 0 aromatic carbocycles. The molecule has 0 saturated carbocycles. The summed E-state index contributed by atoms with van der Waals surface area (Å²) in [6.07, 6.45) is -0.0815. The minimum Gasteiger partial charge on any atom is -0.376 e. The van der Waals surface area contributed by atoms with Crippen molar-refractivity contribution in [1.82, 2.24) is 14.3 Å². The molecule has 19 heavy (non-hydrogen) atoms. The first-order valence-electron chi connectivity index (χ1n) is 6.89. The van der Waals surface area contributed by atoms with Crippen LogP contribution in [0.3, 0.4) is 0 Å². The molecule has 1 unspecified atom stereocenters. The van der Waals surface area contributed by atoms with E-state index in [1.807, 2.05) is 27.7 Å². The van der Waals surface area contributed by atoms with Crippen molar-refractivity contribution in [2.75, 3.05) is 19.8 Å². The van der Waals surface area contributed by atoms with Crippen LogP contribution in [0.1, 0.15) is 45.5 Å². The maximum atomic E-state index is 12.4. The van der Waals surface area contributed by atoms with Crippen molar-refractivity contribution < 1.29 is 9.47 Å². The molecule has 0 amide bonds. The predicted molar refractivity (Wildman–Crippen MR) is 71.5 cm³/mol. The second kappa shape index (κ2) is 5.88. The standard InChI is InChI=1S/C13H23N3O3/c1-9(2)12-14-15(13(17)16(12)10(3)4)7-11-8-18-5-6-19-11/h9-11H,5-8H2,1-4H3. The first-order chi connectivity index (χ1) is 9.00. The van der Waals surface area contributed by atoms with Gasteiger partial charge in [-0.05, 0) is 13.8 Å². The molecule has 6 nitrogen and oxygen atoms in total. The lowest BCUT2D eigenvalue weighted by Gasteiger charge is -2.22. The summed E-state index contributed by atoms with van der Waals surface area (Å²) in [6, 6.07) is 0.113. The van der Waals surface area contributed by atoms with Gasteiger partial charge in [-0.2, -0.15) is 5.10 Å². The molecule has 2 heterocycles. The number of hydrogen-bond donors (Lipinski definition) is 0. The fourth-order valence-corrected chi connectivity index (χ4v) is 2.27. The van der Waals surface area contributed by atoms with Crippen molar-refractivity contribution in [2.24, 2.45) is 0 Å². The van der Waals surface area contributed by atoms with Gasteiger partial charge in [0.15, 0.2) is 0 Å². The van der Waals surface area contributed by atoms with Gasteiger partial charge >= 0.3 is 5.69 Å². The summed E-state index contributed by atoms with van der Waals surface area (Å²) in [6.45, 7) is 10.3. The molecule has 0 N–H and O–H groups in total. The Kier molecular flexibility index (Phi) is 4.42. The van der Waals surface area contributed by atoms with Crippen molar-refractivity contribution in [2.45, 2.75) is 52.3 Å². The summed E-state index contributed by atoms with van der Waals surface area (Å²) in [4.78, 5) is 12.4. The Bertz CT molecular complexity index is 470. The van der Waals surface area contributed by atoms with Gasteiger partial charge in [0, 0.05) is 12.0 Å². The lowest BCUT2D eigenvalue weighted by atomic mass is 10.2. The Labute approximate surface area is 113 Å². The number of rotatable bonds is 4. The number of hydrogen-bond acceptors (Lipinski definition) is 4. The SMILES string of the molecule is CC(C)c1nn(CC2COCCO2)c(=O)n1C(C)C. The van der Waals surface area contributed by atoms with Crippen molar-refractivity contribution in [3.05, 3.63) is 16.3 Å². The first kappa shape index (κ1) is 14.3. The van der Waals surface area contributed by atoms with E-state index in [1.54, 1.807) is 4.57 Å². The highest BCUT2D eigenvalue weighted by Gasteiger charge is 2.22. The van der Waals surface area contributed by atoms with E-state index in [9.17, 15) is 4.79 Å². The van der Waals surface area contributed by atoms with Crippen LogP contribution in [0.15, 0.2) is 4.79 Å². The minimum absolute atomic E-state index is 0.0622. The molecule has 108 valence electrons. The van der Waals surface area contributed by atoms with E-state index >= 15 is 0 Å². The third-order valence-corrected chi connectivity index (χ3v) is 3.19. The third-order valence-electron chi connectivity index (χ3n) is 3.19. The Morgan fingerprint density at radius 2 is 2.05 bits per heavy atom. The van der Waals surface area contributed by atoms with Gasteiger partial charge in [0.05, 0.1) is 26.4 Å². The van der Waals surface area contributed by atoms with Crippen LogP contribution in [0.5, 0.6) is 0 Å².